The molecule has 0 fully saturated rings. The van der Waals surface area contributed by atoms with Gasteiger partial charge in [0.1, 0.15) is 11.0 Å². The molecule has 0 amide bonds. The van der Waals surface area contributed by atoms with Gasteiger partial charge >= 0.3 is 0 Å². The highest BCUT2D eigenvalue weighted by atomic mass is 79.9. The second-order valence-corrected chi connectivity index (χ2v) is 6.22. The summed E-state index contributed by atoms with van der Waals surface area (Å²) in [7, 11) is 1.24. The van der Waals surface area contributed by atoms with Crippen molar-refractivity contribution >= 4 is 48.3 Å². The van der Waals surface area contributed by atoms with Crippen LogP contribution in [0.4, 0.5) is 0 Å². The Balaban J connectivity index is 3.61. The smallest absolute Gasteiger partial charge is 0.207 e. The Labute approximate surface area is 99.6 Å². The molecule has 0 atom stereocenters. The Morgan fingerprint density at radius 2 is 2.07 bits per heavy atom. The minimum absolute atomic E-state index is 0.0202. The van der Waals surface area contributed by atoms with E-state index in [1.807, 2.05) is 0 Å². The summed E-state index contributed by atoms with van der Waals surface area (Å²) >= 11 is 7.12. The van der Waals surface area contributed by atoms with E-state index in [0.717, 1.165) is 0 Å². The van der Waals surface area contributed by atoms with Gasteiger partial charge in [-0.25, -0.2) is 8.42 Å². The highest BCUT2D eigenvalue weighted by molar-refractivity contribution is 9.10. The molecule has 1 rings (SSSR count). The van der Waals surface area contributed by atoms with Crippen LogP contribution in [-0.2, 0) is 9.05 Å². The van der Waals surface area contributed by atoms with Crippen LogP contribution in [0.5, 0.6) is 0 Å². The van der Waals surface area contributed by atoms with Gasteiger partial charge in [0.15, 0.2) is 0 Å². The molecule has 0 N–H and O–H groups in total. The predicted octanol–water partition coefficient (Wildman–Crippen LogP) is 2.54. The molecule has 0 saturated heterocycles. The molecule has 0 aliphatic carbocycles. The molecule has 0 aliphatic heterocycles. The van der Waals surface area contributed by atoms with Gasteiger partial charge in [0.25, 0.3) is 9.05 Å². The molecule has 0 bridgehead atoms. The lowest BCUT2D eigenvalue weighted by Gasteiger charge is -2.02. The van der Waals surface area contributed by atoms with Gasteiger partial charge in [-0.05, 0) is 28.1 Å². The first-order chi connectivity index (χ1) is 6.36. The zero-order valence-electron chi connectivity index (χ0n) is 6.53. The molecule has 0 aliphatic rings. The van der Waals surface area contributed by atoms with Gasteiger partial charge in [0, 0.05) is 20.1 Å². The summed E-state index contributed by atoms with van der Waals surface area (Å²) in [5.74, 6) is 0. The lowest BCUT2D eigenvalue weighted by Crippen LogP contribution is -1.95. The van der Waals surface area contributed by atoms with Crippen LogP contribution in [0, 0.1) is 11.3 Å². The summed E-state index contributed by atoms with van der Waals surface area (Å²) in [5, 5.41) is 8.67. The van der Waals surface area contributed by atoms with Gasteiger partial charge in [0.05, 0.1) is 5.56 Å². The molecular formula is C7H3BrClNO2S2. The zero-order chi connectivity index (χ0) is 10.9. The predicted molar refractivity (Wildman–Crippen MR) is 59.1 cm³/mol. The summed E-state index contributed by atoms with van der Waals surface area (Å²) < 4.78 is 22.6. The van der Waals surface area contributed by atoms with Crippen LogP contribution in [0.15, 0.2) is 26.4 Å². The molecule has 0 radical (unpaired) electrons. The summed E-state index contributed by atoms with van der Waals surface area (Å²) in [5.41, 5.74) is -0.0202. The molecule has 3 nitrogen and oxygen atoms in total. The molecule has 1 aromatic rings. The molecule has 0 saturated carbocycles. The molecule has 0 spiro atoms. The summed E-state index contributed by atoms with van der Waals surface area (Å²) in [6.07, 6.45) is 0. The van der Waals surface area contributed by atoms with E-state index in [1.165, 1.54) is 12.1 Å². The highest BCUT2D eigenvalue weighted by Crippen LogP contribution is 2.29. The van der Waals surface area contributed by atoms with Gasteiger partial charge in [-0.15, -0.1) is 12.6 Å². The van der Waals surface area contributed by atoms with Crippen LogP contribution in [-0.4, -0.2) is 8.42 Å². The van der Waals surface area contributed by atoms with Crippen molar-refractivity contribution in [1.29, 1.82) is 5.26 Å². The fourth-order valence-electron chi connectivity index (χ4n) is 0.833. The third-order valence-corrected chi connectivity index (χ3v) is 4.13. The van der Waals surface area contributed by atoms with Crippen LogP contribution in [0.2, 0.25) is 0 Å². The molecule has 0 heterocycles. The standard InChI is InChI=1S/C7H3BrClNO2S2/c8-5-2-7(14(9,11)12)4(3-10)1-6(5)13/h1-2,13H. The van der Waals surface area contributed by atoms with Gasteiger partial charge in [0.2, 0.25) is 0 Å². The Morgan fingerprint density at radius 1 is 1.50 bits per heavy atom. The number of hydrogen-bond acceptors (Lipinski definition) is 4. The monoisotopic (exact) mass is 311 g/mol. The van der Waals surface area contributed by atoms with E-state index in [2.05, 4.69) is 28.6 Å². The largest absolute Gasteiger partial charge is 0.262 e. The molecule has 0 aromatic heterocycles. The minimum Gasteiger partial charge on any atom is -0.207 e. The van der Waals surface area contributed by atoms with Crippen molar-refractivity contribution in [3.05, 3.63) is 22.2 Å². The normalized spacial score (nSPS) is 11.0. The second-order valence-electron chi connectivity index (χ2n) is 2.35. The number of thiol groups is 1. The van der Waals surface area contributed by atoms with E-state index < -0.39 is 9.05 Å². The average molecular weight is 313 g/mol. The number of halogens is 2. The number of nitrogens with zero attached hydrogens (tertiary/aromatic N) is 1. The van der Waals surface area contributed by atoms with Crippen LogP contribution in [0.25, 0.3) is 0 Å². The molecule has 1 aromatic carbocycles. The maximum atomic E-state index is 11.0. The van der Waals surface area contributed by atoms with Crippen LogP contribution in [0.1, 0.15) is 5.56 Å². The lowest BCUT2D eigenvalue weighted by molar-refractivity contribution is 0.609. The third-order valence-electron chi connectivity index (χ3n) is 1.43. The number of nitriles is 1. The van der Waals surface area contributed by atoms with Crippen molar-refractivity contribution in [3.8, 4) is 6.07 Å². The van der Waals surface area contributed by atoms with E-state index in [4.69, 9.17) is 15.9 Å². The van der Waals surface area contributed by atoms with Crippen molar-refractivity contribution in [2.45, 2.75) is 9.79 Å². The van der Waals surface area contributed by atoms with Crippen LogP contribution >= 0.6 is 39.2 Å². The zero-order valence-corrected chi connectivity index (χ0v) is 10.6. The maximum Gasteiger partial charge on any atom is 0.262 e. The Kier molecular flexibility index (Phi) is 3.48. The molecule has 74 valence electrons. The Hall–Kier alpha value is -0.220. The van der Waals surface area contributed by atoms with E-state index in [0.29, 0.717) is 9.37 Å². The lowest BCUT2D eigenvalue weighted by atomic mass is 10.2. The van der Waals surface area contributed by atoms with Crippen molar-refractivity contribution in [2.24, 2.45) is 0 Å². The van der Waals surface area contributed by atoms with Crippen molar-refractivity contribution in [2.75, 3.05) is 0 Å². The number of hydrogen-bond donors (Lipinski definition) is 1. The molecule has 7 heteroatoms. The van der Waals surface area contributed by atoms with Gasteiger partial charge in [-0.1, -0.05) is 0 Å². The average Bonchev–Trinajstić information content (AvgIpc) is 2.07. The first-order valence-electron chi connectivity index (χ1n) is 3.23. The van der Waals surface area contributed by atoms with Crippen LogP contribution < -0.4 is 0 Å². The van der Waals surface area contributed by atoms with E-state index >= 15 is 0 Å². The molecule has 0 unspecified atom stereocenters. The van der Waals surface area contributed by atoms with E-state index in [1.54, 1.807) is 6.07 Å². The summed E-state index contributed by atoms with van der Waals surface area (Å²) in [4.78, 5) is 0.261. The van der Waals surface area contributed by atoms with Gasteiger partial charge < -0.3 is 0 Å². The Bertz CT molecular complexity index is 521. The van der Waals surface area contributed by atoms with Crippen LogP contribution in [0.3, 0.4) is 0 Å². The fourth-order valence-corrected chi connectivity index (χ4v) is 2.53. The summed E-state index contributed by atoms with van der Waals surface area (Å²) in [6, 6.07) is 4.33. The fraction of sp³-hybridized carbons (Fsp3) is 0. The molecule has 14 heavy (non-hydrogen) atoms. The summed E-state index contributed by atoms with van der Waals surface area (Å²) in [6.45, 7) is 0. The number of benzene rings is 1. The van der Waals surface area contributed by atoms with Crippen molar-refractivity contribution in [3.63, 3.8) is 0 Å². The highest BCUT2D eigenvalue weighted by Gasteiger charge is 2.17. The van der Waals surface area contributed by atoms with Crippen molar-refractivity contribution < 1.29 is 8.42 Å². The first kappa shape index (κ1) is 11.9. The van der Waals surface area contributed by atoms with Gasteiger partial charge in [-0.3, -0.25) is 0 Å². The third kappa shape index (κ3) is 2.42. The topological polar surface area (TPSA) is 57.9 Å². The van der Waals surface area contributed by atoms with Crippen molar-refractivity contribution in [1.82, 2.24) is 0 Å². The van der Waals surface area contributed by atoms with E-state index in [9.17, 15) is 8.42 Å². The quantitative estimate of drug-likeness (QED) is 0.640. The van der Waals surface area contributed by atoms with Gasteiger partial charge in [-0.2, -0.15) is 5.26 Å². The van der Waals surface area contributed by atoms with E-state index in [-0.39, 0.29) is 10.5 Å². The number of rotatable bonds is 1. The first-order valence-corrected chi connectivity index (χ1v) is 6.78. The second kappa shape index (κ2) is 4.11. The Morgan fingerprint density at radius 3 is 2.50 bits per heavy atom. The molecular weight excluding hydrogens is 310 g/mol. The maximum absolute atomic E-state index is 11.0. The SMILES string of the molecule is N#Cc1cc(S)c(Br)cc1S(=O)(=O)Cl. The minimum atomic E-state index is -3.90.